The molecular weight excluding hydrogens is 370 g/mol. The molecule has 28 heavy (non-hydrogen) atoms. The van der Waals surface area contributed by atoms with Gasteiger partial charge in [-0.05, 0) is 48.2 Å². The van der Waals surface area contributed by atoms with Crippen LogP contribution in [0.3, 0.4) is 0 Å². The zero-order valence-electron chi connectivity index (χ0n) is 15.8. The molecule has 146 valence electrons. The number of thioether (sulfide) groups is 1. The van der Waals surface area contributed by atoms with Gasteiger partial charge in [-0.1, -0.05) is 61.4 Å². The summed E-state index contributed by atoms with van der Waals surface area (Å²) in [6, 6.07) is 17.3. The van der Waals surface area contributed by atoms with Gasteiger partial charge in [0.05, 0.1) is 12.1 Å². The van der Waals surface area contributed by atoms with E-state index in [1.807, 2.05) is 42.5 Å². The molecule has 0 saturated heterocycles. The Kier molecular flexibility index (Phi) is 7.67. The Morgan fingerprint density at radius 2 is 1.79 bits per heavy atom. The van der Waals surface area contributed by atoms with Gasteiger partial charge >= 0.3 is 5.97 Å². The molecule has 3 rings (SSSR count). The molecule has 0 radical (unpaired) electrons. The van der Waals surface area contributed by atoms with Crippen LogP contribution >= 0.6 is 11.8 Å². The van der Waals surface area contributed by atoms with Crippen molar-refractivity contribution in [2.24, 2.45) is 21.9 Å². The molecule has 0 atom stereocenters. The Bertz CT molecular complexity index is 813. The topological polar surface area (TPSA) is 77.0 Å². The highest BCUT2D eigenvalue weighted by Gasteiger charge is 2.22. The van der Waals surface area contributed by atoms with Crippen LogP contribution in [0, 0.1) is 5.92 Å². The fraction of sp³-hybridized carbons (Fsp3) is 0.318. The molecule has 1 saturated carbocycles. The van der Waals surface area contributed by atoms with Crippen molar-refractivity contribution in [3.63, 3.8) is 0 Å². The number of esters is 1. The minimum absolute atomic E-state index is 0.0423. The van der Waals surface area contributed by atoms with Crippen LogP contribution in [-0.4, -0.2) is 17.4 Å². The molecule has 1 aliphatic carbocycles. The van der Waals surface area contributed by atoms with Crippen LogP contribution in [0.15, 0.2) is 64.8 Å². The first-order chi connectivity index (χ1) is 13.7. The summed E-state index contributed by atoms with van der Waals surface area (Å²) in [6.07, 6.45) is 6.94. The highest BCUT2D eigenvalue weighted by atomic mass is 32.2. The largest absolute Gasteiger partial charge is 0.426 e. The fourth-order valence-electron chi connectivity index (χ4n) is 3.07. The molecule has 0 aliphatic heterocycles. The van der Waals surface area contributed by atoms with Gasteiger partial charge in [0, 0.05) is 5.75 Å². The van der Waals surface area contributed by atoms with E-state index >= 15 is 0 Å². The second kappa shape index (κ2) is 10.7. The number of benzene rings is 2. The highest BCUT2D eigenvalue weighted by Crippen LogP contribution is 2.25. The van der Waals surface area contributed by atoms with Crippen LogP contribution in [0.1, 0.15) is 43.2 Å². The third-order valence-corrected chi connectivity index (χ3v) is 5.48. The Morgan fingerprint density at radius 1 is 1.07 bits per heavy atom. The zero-order valence-corrected chi connectivity index (χ0v) is 16.6. The molecule has 1 aliphatic rings. The number of amidine groups is 1. The maximum Gasteiger partial charge on any atom is 0.314 e. The van der Waals surface area contributed by atoms with E-state index in [1.165, 1.54) is 23.7 Å². The van der Waals surface area contributed by atoms with Gasteiger partial charge in [-0.2, -0.15) is 5.10 Å². The molecule has 0 amide bonds. The molecule has 1 fully saturated rings. The number of hydrogen-bond donors (Lipinski definition) is 1. The summed E-state index contributed by atoms with van der Waals surface area (Å²) in [6.45, 7) is 0. The Morgan fingerprint density at radius 3 is 2.50 bits per heavy atom. The SMILES string of the molecule is NC(=NN=Cc1ccc(OC(=O)C2CCCCC2)cc1)SCc1ccccc1. The maximum absolute atomic E-state index is 12.2. The first kappa shape index (κ1) is 20.1. The summed E-state index contributed by atoms with van der Waals surface area (Å²) in [4.78, 5) is 12.2. The van der Waals surface area contributed by atoms with Gasteiger partial charge in [0.2, 0.25) is 0 Å². The van der Waals surface area contributed by atoms with Crippen LogP contribution in [-0.2, 0) is 10.5 Å². The number of ether oxygens (including phenoxy) is 1. The van der Waals surface area contributed by atoms with Crippen molar-refractivity contribution in [2.45, 2.75) is 37.9 Å². The van der Waals surface area contributed by atoms with E-state index in [4.69, 9.17) is 10.5 Å². The molecule has 0 aromatic heterocycles. The number of hydrogen-bond acceptors (Lipinski definition) is 5. The highest BCUT2D eigenvalue weighted by molar-refractivity contribution is 8.13. The van der Waals surface area contributed by atoms with E-state index < -0.39 is 0 Å². The number of rotatable bonds is 6. The molecule has 0 unspecified atom stereocenters. The van der Waals surface area contributed by atoms with E-state index in [-0.39, 0.29) is 11.9 Å². The lowest BCUT2D eigenvalue weighted by Gasteiger charge is -2.19. The van der Waals surface area contributed by atoms with E-state index in [2.05, 4.69) is 10.2 Å². The minimum atomic E-state index is -0.117. The van der Waals surface area contributed by atoms with E-state index in [0.29, 0.717) is 10.9 Å². The summed E-state index contributed by atoms with van der Waals surface area (Å²) < 4.78 is 5.49. The van der Waals surface area contributed by atoms with E-state index in [1.54, 1.807) is 18.3 Å². The lowest BCUT2D eigenvalue weighted by molar-refractivity contribution is -0.139. The van der Waals surface area contributed by atoms with Crippen molar-refractivity contribution in [2.75, 3.05) is 0 Å². The lowest BCUT2D eigenvalue weighted by atomic mass is 9.89. The minimum Gasteiger partial charge on any atom is -0.426 e. The van der Waals surface area contributed by atoms with Gasteiger partial charge < -0.3 is 10.5 Å². The zero-order chi connectivity index (χ0) is 19.6. The molecule has 5 nitrogen and oxygen atoms in total. The van der Waals surface area contributed by atoms with Crippen molar-refractivity contribution in [1.29, 1.82) is 0 Å². The van der Waals surface area contributed by atoms with Crippen LogP contribution in [0.2, 0.25) is 0 Å². The summed E-state index contributed by atoms with van der Waals surface area (Å²) >= 11 is 1.44. The maximum atomic E-state index is 12.2. The first-order valence-corrected chi connectivity index (χ1v) is 10.5. The standard InChI is InChI=1S/C22H25N3O2S/c23-22(28-16-18-7-3-1-4-8-18)25-24-15-17-11-13-20(14-12-17)27-21(26)19-9-5-2-6-10-19/h1,3-4,7-8,11-15,19H,2,5-6,9-10,16H2,(H2,23,25). The van der Waals surface area contributed by atoms with Crippen molar-refractivity contribution in [1.82, 2.24) is 0 Å². The second-order valence-electron chi connectivity index (χ2n) is 6.78. The van der Waals surface area contributed by atoms with E-state index in [9.17, 15) is 4.79 Å². The molecule has 0 bridgehead atoms. The quantitative estimate of drug-likeness (QED) is 0.252. The predicted molar refractivity (Wildman–Crippen MR) is 116 cm³/mol. The summed E-state index contributed by atoms with van der Waals surface area (Å²) in [5.41, 5.74) is 7.93. The summed E-state index contributed by atoms with van der Waals surface area (Å²) in [5, 5.41) is 8.45. The summed E-state index contributed by atoms with van der Waals surface area (Å²) in [5.74, 6) is 1.25. The van der Waals surface area contributed by atoms with Gasteiger partial charge in [-0.15, -0.1) is 5.10 Å². The van der Waals surface area contributed by atoms with Gasteiger partial charge in [0.1, 0.15) is 5.75 Å². The van der Waals surface area contributed by atoms with Crippen molar-refractivity contribution in [3.05, 3.63) is 65.7 Å². The molecule has 6 heteroatoms. The molecule has 0 heterocycles. The Balaban J connectivity index is 1.47. The number of nitrogens with two attached hydrogens (primary N) is 1. The van der Waals surface area contributed by atoms with Gasteiger partial charge in [0.15, 0.2) is 5.17 Å². The van der Waals surface area contributed by atoms with Crippen LogP contribution in [0.25, 0.3) is 0 Å². The molecule has 0 spiro atoms. The average molecular weight is 396 g/mol. The van der Waals surface area contributed by atoms with Crippen LogP contribution in [0.4, 0.5) is 0 Å². The van der Waals surface area contributed by atoms with Crippen LogP contribution in [0.5, 0.6) is 5.75 Å². The predicted octanol–water partition coefficient (Wildman–Crippen LogP) is 4.75. The molecular formula is C22H25N3O2S. The normalized spacial score (nSPS) is 15.6. The van der Waals surface area contributed by atoms with Gasteiger partial charge in [-0.3, -0.25) is 4.79 Å². The smallest absolute Gasteiger partial charge is 0.314 e. The number of nitrogens with zero attached hydrogens (tertiary/aromatic N) is 2. The summed E-state index contributed by atoms with van der Waals surface area (Å²) in [7, 11) is 0. The van der Waals surface area contributed by atoms with E-state index in [0.717, 1.165) is 37.0 Å². The second-order valence-corrected chi connectivity index (χ2v) is 7.78. The molecule has 2 aromatic rings. The van der Waals surface area contributed by atoms with Gasteiger partial charge in [-0.25, -0.2) is 0 Å². The van der Waals surface area contributed by atoms with Crippen molar-refractivity contribution in [3.8, 4) is 5.75 Å². The number of carbonyl (C=O) groups excluding carboxylic acids is 1. The third-order valence-electron chi connectivity index (χ3n) is 4.63. The average Bonchev–Trinajstić information content (AvgIpc) is 2.75. The third kappa shape index (κ3) is 6.53. The lowest BCUT2D eigenvalue weighted by Crippen LogP contribution is -2.22. The molecule has 2 aromatic carbocycles. The fourth-order valence-corrected chi connectivity index (χ4v) is 3.68. The van der Waals surface area contributed by atoms with Crippen molar-refractivity contribution >= 4 is 29.1 Å². The first-order valence-electron chi connectivity index (χ1n) is 9.56. The van der Waals surface area contributed by atoms with Crippen molar-refractivity contribution < 1.29 is 9.53 Å². The van der Waals surface area contributed by atoms with Crippen LogP contribution < -0.4 is 10.5 Å². The molecule has 2 N–H and O–H groups in total. The number of carbonyl (C=O) groups is 1. The Hall–Kier alpha value is -2.60. The van der Waals surface area contributed by atoms with Gasteiger partial charge in [0.25, 0.3) is 0 Å². The Labute approximate surface area is 170 Å². The monoisotopic (exact) mass is 395 g/mol.